The van der Waals surface area contributed by atoms with Gasteiger partial charge in [0.05, 0.1) is 16.6 Å². The number of hydrogen-bond acceptors (Lipinski definition) is 3. The quantitative estimate of drug-likeness (QED) is 0.365. The highest BCUT2D eigenvalue weighted by Crippen LogP contribution is 2.21. The van der Waals surface area contributed by atoms with Gasteiger partial charge in [-0.3, -0.25) is 9.36 Å². The Morgan fingerprint density at radius 3 is 2.71 bits per heavy atom. The van der Waals surface area contributed by atoms with Crippen molar-refractivity contribution in [3.63, 3.8) is 0 Å². The lowest BCUT2D eigenvalue weighted by Crippen LogP contribution is -2.21. The zero-order valence-electron chi connectivity index (χ0n) is 11.6. The highest BCUT2D eigenvalue weighted by molar-refractivity contribution is 14.1. The van der Waals surface area contributed by atoms with Gasteiger partial charge < -0.3 is 0 Å². The molecule has 0 radical (unpaired) electrons. The molecule has 0 fully saturated rings. The number of benzene rings is 2. The fourth-order valence-electron chi connectivity index (χ4n) is 2.27. The number of nitrogens with zero attached hydrogens (tertiary/aromatic N) is 2. The second-order valence-corrected chi connectivity index (χ2v) is 6.76. The lowest BCUT2D eigenvalue weighted by atomic mass is 10.2. The van der Waals surface area contributed by atoms with E-state index in [9.17, 15) is 4.79 Å². The van der Waals surface area contributed by atoms with Crippen LogP contribution in [0.3, 0.4) is 0 Å². The Bertz CT molecular complexity index is 889. The molecule has 1 aromatic heterocycles. The number of thioether (sulfide) groups is 1. The SMILES string of the molecule is CSc1nc2ccc(I)cc2c(=O)n1-c1cccc(C)c1. The molecule has 106 valence electrons. The molecule has 0 amide bonds. The second kappa shape index (κ2) is 5.81. The van der Waals surface area contributed by atoms with E-state index in [2.05, 4.69) is 27.6 Å². The van der Waals surface area contributed by atoms with E-state index in [-0.39, 0.29) is 5.56 Å². The minimum Gasteiger partial charge on any atom is -0.268 e. The number of rotatable bonds is 2. The standard InChI is InChI=1S/C16H13IN2OS/c1-10-4-3-5-12(8-10)19-15(20)13-9-11(17)6-7-14(13)18-16(19)21-2/h3-9H,1-2H3. The van der Waals surface area contributed by atoms with Crippen molar-refractivity contribution in [2.75, 3.05) is 6.26 Å². The van der Waals surface area contributed by atoms with Crippen molar-refractivity contribution >= 4 is 45.3 Å². The van der Waals surface area contributed by atoms with E-state index < -0.39 is 0 Å². The van der Waals surface area contributed by atoms with Crippen molar-refractivity contribution in [3.8, 4) is 5.69 Å². The first kappa shape index (κ1) is 14.6. The van der Waals surface area contributed by atoms with Crippen LogP contribution in [-0.4, -0.2) is 15.8 Å². The second-order valence-electron chi connectivity index (χ2n) is 4.74. The molecule has 0 N–H and O–H groups in total. The van der Waals surface area contributed by atoms with E-state index in [4.69, 9.17) is 0 Å². The Balaban J connectivity index is 2.40. The molecular weight excluding hydrogens is 395 g/mol. The van der Waals surface area contributed by atoms with E-state index in [1.165, 1.54) is 11.8 Å². The Morgan fingerprint density at radius 2 is 2.00 bits per heavy atom. The molecule has 1 heterocycles. The molecule has 3 nitrogen and oxygen atoms in total. The highest BCUT2D eigenvalue weighted by atomic mass is 127. The topological polar surface area (TPSA) is 34.9 Å². The van der Waals surface area contributed by atoms with Gasteiger partial charge in [-0.2, -0.15) is 0 Å². The summed E-state index contributed by atoms with van der Waals surface area (Å²) in [4.78, 5) is 17.5. The molecule has 0 aliphatic carbocycles. The van der Waals surface area contributed by atoms with Gasteiger partial charge in [-0.05, 0) is 71.7 Å². The van der Waals surface area contributed by atoms with Gasteiger partial charge in [-0.25, -0.2) is 4.98 Å². The summed E-state index contributed by atoms with van der Waals surface area (Å²) >= 11 is 3.69. The Hall–Kier alpha value is -1.34. The molecule has 0 aliphatic heterocycles. The maximum atomic E-state index is 12.9. The average molecular weight is 408 g/mol. The number of halogens is 1. The summed E-state index contributed by atoms with van der Waals surface area (Å²) in [5.74, 6) is 0. The van der Waals surface area contributed by atoms with Crippen molar-refractivity contribution in [1.82, 2.24) is 9.55 Å². The summed E-state index contributed by atoms with van der Waals surface area (Å²) in [6, 6.07) is 13.7. The maximum absolute atomic E-state index is 12.9. The molecule has 0 spiro atoms. The van der Waals surface area contributed by atoms with E-state index in [0.717, 1.165) is 20.3 Å². The number of aryl methyl sites for hydroxylation is 1. The summed E-state index contributed by atoms with van der Waals surface area (Å²) < 4.78 is 2.72. The zero-order chi connectivity index (χ0) is 15.0. The zero-order valence-corrected chi connectivity index (χ0v) is 14.6. The van der Waals surface area contributed by atoms with Crippen LogP contribution in [0.4, 0.5) is 0 Å². The molecule has 0 saturated heterocycles. The van der Waals surface area contributed by atoms with Crippen molar-refractivity contribution in [2.24, 2.45) is 0 Å². The summed E-state index contributed by atoms with van der Waals surface area (Å²) in [5, 5.41) is 1.36. The van der Waals surface area contributed by atoms with Crippen LogP contribution in [0.5, 0.6) is 0 Å². The number of hydrogen-bond donors (Lipinski definition) is 0. The third kappa shape index (κ3) is 2.72. The van der Waals surface area contributed by atoms with E-state index in [1.54, 1.807) is 4.57 Å². The fourth-order valence-corrected chi connectivity index (χ4v) is 3.32. The van der Waals surface area contributed by atoms with Gasteiger partial charge in [0.1, 0.15) is 0 Å². The van der Waals surface area contributed by atoms with E-state index in [0.29, 0.717) is 10.5 Å². The van der Waals surface area contributed by atoms with Gasteiger partial charge in [-0.15, -0.1) is 0 Å². The minimum atomic E-state index is -0.0199. The Morgan fingerprint density at radius 1 is 1.19 bits per heavy atom. The van der Waals surface area contributed by atoms with Crippen molar-refractivity contribution < 1.29 is 0 Å². The van der Waals surface area contributed by atoms with E-state index >= 15 is 0 Å². The van der Waals surface area contributed by atoms with Crippen molar-refractivity contribution in [3.05, 3.63) is 62.0 Å². The third-order valence-electron chi connectivity index (χ3n) is 3.24. The fraction of sp³-hybridized carbons (Fsp3) is 0.125. The van der Waals surface area contributed by atoms with Gasteiger partial charge in [0.25, 0.3) is 5.56 Å². The van der Waals surface area contributed by atoms with Crippen LogP contribution in [0.15, 0.2) is 52.4 Å². The van der Waals surface area contributed by atoms with Gasteiger partial charge in [0.15, 0.2) is 5.16 Å². The average Bonchev–Trinajstić information content (AvgIpc) is 2.47. The molecule has 0 unspecified atom stereocenters. The van der Waals surface area contributed by atoms with Gasteiger partial charge in [0.2, 0.25) is 0 Å². The summed E-state index contributed by atoms with van der Waals surface area (Å²) in [6.45, 7) is 2.02. The van der Waals surface area contributed by atoms with Crippen molar-refractivity contribution in [1.29, 1.82) is 0 Å². The molecule has 21 heavy (non-hydrogen) atoms. The van der Waals surface area contributed by atoms with Crippen LogP contribution in [0.1, 0.15) is 5.56 Å². The lowest BCUT2D eigenvalue weighted by molar-refractivity contribution is 0.820. The van der Waals surface area contributed by atoms with Crippen LogP contribution in [0.2, 0.25) is 0 Å². The minimum absolute atomic E-state index is 0.0199. The molecule has 5 heteroatoms. The van der Waals surface area contributed by atoms with Crippen LogP contribution < -0.4 is 5.56 Å². The lowest BCUT2D eigenvalue weighted by Gasteiger charge is -2.12. The molecule has 0 bridgehead atoms. The number of aromatic nitrogens is 2. The predicted molar refractivity (Wildman–Crippen MR) is 96.6 cm³/mol. The Kier molecular flexibility index (Phi) is 4.03. The molecule has 3 rings (SSSR count). The van der Waals surface area contributed by atoms with Gasteiger partial charge >= 0.3 is 0 Å². The van der Waals surface area contributed by atoms with E-state index in [1.807, 2.05) is 55.6 Å². The molecular formula is C16H13IN2OS. The van der Waals surface area contributed by atoms with Crippen LogP contribution in [0.25, 0.3) is 16.6 Å². The molecule has 0 atom stereocenters. The van der Waals surface area contributed by atoms with Crippen LogP contribution in [0, 0.1) is 10.5 Å². The first-order valence-electron chi connectivity index (χ1n) is 6.43. The normalized spacial score (nSPS) is 11.0. The smallest absolute Gasteiger partial charge is 0.266 e. The largest absolute Gasteiger partial charge is 0.268 e. The number of fused-ring (bicyclic) bond motifs is 1. The van der Waals surface area contributed by atoms with Crippen molar-refractivity contribution in [2.45, 2.75) is 12.1 Å². The highest BCUT2D eigenvalue weighted by Gasteiger charge is 2.12. The maximum Gasteiger partial charge on any atom is 0.266 e. The van der Waals surface area contributed by atoms with Gasteiger partial charge in [0, 0.05) is 3.57 Å². The monoisotopic (exact) mass is 408 g/mol. The predicted octanol–water partition coefficient (Wildman–Crippen LogP) is 4.02. The first-order chi connectivity index (χ1) is 10.1. The summed E-state index contributed by atoms with van der Waals surface area (Å²) in [6.07, 6.45) is 1.94. The summed E-state index contributed by atoms with van der Waals surface area (Å²) in [5.41, 5.74) is 2.70. The summed E-state index contributed by atoms with van der Waals surface area (Å²) in [7, 11) is 0. The van der Waals surface area contributed by atoms with Gasteiger partial charge in [-0.1, -0.05) is 23.9 Å². The Labute approximate surface area is 140 Å². The molecule has 3 aromatic rings. The third-order valence-corrected chi connectivity index (χ3v) is 4.55. The molecule has 0 aliphatic rings. The van der Waals surface area contributed by atoms with Crippen LogP contribution in [-0.2, 0) is 0 Å². The molecule has 2 aromatic carbocycles. The van der Waals surface area contributed by atoms with Crippen LogP contribution >= 0.6 is 34.4 Å². The first-order valence-corrected chi connectivity index (χ1v) is 8.74. The molecule has 0 saturated carbocycles.